The molecule has 2 aromatic rings. The first-order valence-electron chi connectivity index (χ1n) is 7.80. The predicted molar refractivity (Wildman–Crippen MR) is 86.3 cm³/mol. The second-order valence-electron chi connectivity index (χ2n) is 5.24. The largest absolute Gasteiger partial charge is 0.491 e. The molecule has 2 rings (SSSR count). The SMILES string of the molecule is CCOc1ccc(-c2ccc(CCC=CCF)c(F)c2F)c(F)c1F. The monoisotopic (exact) mass is 356 g/mol. The molecule has 25 heavy (non-hydrogen) atoms. The Hall–Kier alpha value is -2.37. The summed E-state index contributed by atoms with van der Waals surface area (Å²) in [5.74, 6) is -5.22. The lowest BCUT2D eigenvalue weighted by atomic mass is 9.99. The Bertz CT molecular complexity index is 771. The maximum atomic E-state index is 14.3. The van der Waals surface area contributed by atoms with Crippen molar-refractivity contribution in [2.75, 3.05) is 13.3 Å². The molecule has 0 N–H and O–H groups in total. The maximum Gasteiger partial charge on any atom is 0.201 e. The van der Waals surface area contributed by atoms with E-state index in [1.165, 1.54) is 30.4 Å². The van der Waals surface area contributed by atoms with Crippen molar-refractivity contribution in [3.63, 3.8) is 0 Å². The molecule has 0 saturated carbocycles. The zero-order valence-electron chi connectivity index (χ0n) is 13.6. The van der Waals surface area contributed by atoms with E-state index in [1.54, 1.807) is 6.92 Å². The van der Waals surface area contributed by atoms with Crippen LogP contribution in [0.15, 0.2) is 36.4 Å². The van der Waals surface area contributed by atoms with Gasteiger partial charge in [-0.3, -0.25) is 0 Å². The highest BCUT2D eigenvalue weighted by molar-refractivity contribution is 5.66. The molecule has 0 amide bonds. The molecule has 0 unspecified atom stereocenters. The van der Waals surface area contributed by atoms with Crippen LogP contribution in [0.1, 0.15) is 18.9 Å². The van der Waals surface area contributed by atoms with Crippen LogP contribution in [0.4, 0.5) is 22.0 Å². The van der Waals surface area contributed by atoms with Crippen LogP contribution in [-0.4, -0.2) is 13.3 Å². The van der Waals surface area contributed by atoms with Gasteiger partial charge in [0.1, 0.15) is 6.67 Å². The maximum absolute atomic E-state index is 14.3. The third-order valence-corrected chi connectivity index (χ3v) is 3.64. The molecule has 1 nitrogen and oxygen atoms in total. The van der Waals surface area contributed by atoms with Crippen molar-refractivity contribution >= 4 is 0 Å². The number of aryl methyl sites for hydroxylation is 1. The number of rotatable bonds is 7. The summed E-state index contributed by atoms with van der Waals surface area (Å²) in [6.45, 7) is 1.13. The first kappa shape index (κ1) is 19.0. The molecule has 0 radical (unpaired) electrons. The fourth-order valence-electron chi connectivity index (χ4n) is 2.42. The molecule has 2 aromatic carbocycles. The van der Waals surface area contributed by atoms with Crippen LogP contribution in [-0.2, 0) is 6.42 Å². The van der Waals surface area contributed by atoms with Crippen LogP contribution >= 0.6 is 0 Å². The van der Waals surface area contributed by atoms with Gasteiger partial charge in [-0.15, -0.1) is 0 Å². The van der Waals surface area contributed by atoms with Gasteiger partial charge in [-0.2, -0.15) is 4.39 Å². The van der Waals surface area contributed by atoms with Gasteiger partial charge in [0.2, 0.25) is 5.82 Å². The quantitative estimate of drug-likeness (QED) is 0.452. The fourth-order valence-corrected chi connectivity index (χ4v) is 2.42. The highest BCUT2D eigenvalue weighted by Gasteiger charge is 2.21. The van der Waals surface area contributed by atoms with E-state index >= 15 is 0 Å². The van der Waals surface area contributed by atoms with E-state index in [0.717, 1.165) is 6.07 Å². The van der Waals surface area contributed by atoms with Crippen LogP contribution in [0.25, 0.3) is 11.1 Å². The van der Waals surface area contributed by atoms with Crippen LogP contribution in [0, 0.1) is 23.3 Å². The van der Waals surface area contributed by atoms with Gasteiger partial charge >= 0.3 is 0 Å². The molecule has 0 fully saturated rings. The topological polar surface area (TPSA) is 9.23 Å². The molecule has 0 aromatic heterocycles. The minimum absolute atomic E-state index is 0.0802. The van der Waals surface area contributed by atoms with Gasteiger partial charge < -0.3 is 4.74 Å². The third-order valence-electron chi connectivity index (χ3n) is 3.64. The molecule has 0 bridgehead atoms. The molecule has 0 saturated heterocycles. The van der Waals surface area contributed by atoms with E-state index in [1.807, 2.05) is 0 Å². The number of benzene rings is 2. The summed E-state index contributed by atoms with van der Waals surface area (Å²) in [5.41, 5.74) is -0.683. The van der Waals surface area contributed by atoms with Crippen molar-refractivity contribution < 1.29 is 26.7 Å². The normalized spacial score (nSPS) is 11.3. The van der Waals surface area contributed by atoms with Gasteiger partial charge in [0, 0.05) is 11.1 Å². The Morgan fingerprint density at radius 2 is 1.48 bits per heavy atom. The lowest BCUT2D eigenvalue weighted by Gasteiger charge is -2.11. The van der Waals surface area contributed by atoms with Gasteiger partial charge in [-0.25, -0.2) is 17.6 Å². The summed E-state index contributed by atoms with van der Waals surface area (Å²) in [4.78, 5) is 0. The molecular weight excluding hydrogens is 339 g/mol. The minimum Gasteiger partial charge on any atom is -0.491 e. The first-order chi connectivity index (χ1) is 12.0. The molecule has 0 heterocycles. The number of allylic oxidation sites excluding steroid dienone is 2. The van der Waals surface area contributed by atoms with Crippen molar-refractivity contribution in [2.24, 2.45) is 0 Å². The second kappa shape index (κ2) is 8.65. The van der Waals surface area contributed by atoms with Gasteiger partial charge in [0.05, 0.1) is 6.61 Å². The van der Waals surface area contributed by atoms with E-state index in [9.17, 15) is 22.0 Å². The Morgan fingerprint density at radius 1 is 0.840 bits per heavy atom. The zero-order chi connectivity index (χ0) is 18.4. The summed E-state index contributed by atoms with van der Waals surface area (Å²) in [6, 6.07) is 4.82. The van der Waals surface area contributed by atoms with Crippen molar-refractivity contribution in [3.8, 4) is 16.9 Å². The van der Waals surface area contributed by atoms with Gasteiger partial charge in [-0.05, 0) is 37.5 Å². The van der Waals surface area contributed by atoms with E-state index in [0.29, 0.717) is 6.42 Å². The standard InChI is InChI=1S/C19H17F5O/c1-2-25-15-10-9-14(18(23)19(15)24)13-8-7-12(16(21)17(13)22)6-4-3-5-11-20/h3,5,7-10H,2,4,6,11H2,1H3. The van der Waals surface area contributed by atoms with Crippen molar-refractivity contribution in [1.29, 1.82) is 0 Å². The number of hydrogen-bond donors (Lipinski definition) is 0. The average molecular weight is 356 g/mol. The second-order valence-corrected chi connectivity index (χ2v) is 5.24. The van der Waals surface area contributed by atoms with E-state index in [-0.39, 0.29) is 35.5 Å². The molecule has 0 spiro atoms. The molecule has 0 aliphatic carbocycles. The summed E-state index contributed by atoms with van der Waals surface area (Å²) < 4.78 is 73.5. The van der Waals surface area contributed by atoms with Crippen molar-refractivity contribution in [3.05, 3.63) is 65.2 Å². The summed E-state index contributed by atoms with van der Waals surface area (Å²) in [6.07, 6.45) is 3.30. The number of ether oxygens (including phenoxy) is 1. The van der Waals surface area contributed by atoms with Crippen LogP contribution in [0.2, 0.25) is 0 Å². The zero-order valence-corrected chi connectivity index (χ0v) is 13.6. The van der Waals surface area contributed by atoms with Crippen molar-refractivity contribution in [1.82, 2.24) is 0 Å². The number of halogens is 5. The highest BCUT2D eigenvalue weighted by Crippen LogP contribution is 2.33. The average Bonchev–Trinajstić information content (AvgIpc) is 2.60. The highest BCUT2D eigenvalue weighted by atomic mass is 19.2. The van der Waals surface area contributed by atoms with E-state index in [2.05, 4.69) is 0 Å². The van der Waals surface area contributed by atoms with Crippen LogP contribution < -0.4 is 4.74 Å². The van der Waals surface area contributed by atoms with E-state index < -0.39 is 29.9 Å². The molecule has 0 atom stereocenters. The third kappa shape index (κ3) is 4.18. The Morgan fingerprint density at radius 3 is 2.12 bits per heavy atom. The van der Waals surface area contributed by atoms with Crippen LogP contribution in [0.5, 0.6) is 5.75 Å². The molecular formula is C19H17F5O. The van der Waals surface area contributed by atoms with Gasteiger partial charge in [0.25, 0.3) is 0 Å². The van der Waals surface area contributed by atoms with E-state index in [4.69, 9.17) is 4.74 Å². The number of alkyl halides is 1. The predicted octanol–water partition coefficient (Wildman–Crippen LogP) is 5.77. The Labute approximate surface area is 142 Å². The Kier molecular flexibility index (Phi) is 6.56. The minimum atomic E-state index is -1.30. The molecule has 6 heteroatoms. The molecule has 134 valence electrons. The van der Waals surface area contributed by atoms with Crippen LogP contribution in [0.3, 0.4) is 0 Å². The summed E-state index contributed by atoms with van der Waals surface area (Å²) in [7, 11) is 0. The number of hydrogen-bond acceptors (Lipinski definition) is 1. The van der Waals surface area contributed by atoms with Gasteiger partial charge in [0.15, 0.2) is 23.2 Å². The molecule has 0 aliphatic rings. The lowest BCUT2D eigenvalue weighted by molar-refractivity contribution is 0.314. The summed E-state index contributed by atoms with van der Waals surface area (Å²) in [5, 5.41) is 0. The lowest BCUT2D eigenvalue weighted by Crippen LogP contribution is -2.01. The smallest absolute Gasteiger partial charge is 0.201 e. The fraction of sp³-hybridized carbons (Fsp3) is 0.263. The molecule has 0 aliphatic heterocycles. The van der Waals surface area contributed by atoms with Crippen molar-refractivity contribution in [2.45, 2.75) is 19.8 Å². The Balaban J connectivity index is 2.36. The van der Waals surface area contributed by atoms with Gasteiger partial charge in [-0.1, -0.05) is 24.3 Å². The summed E-state index contributed by atoms with van der Waals surface area (Å²) >= 11 is 0. The first-order valence-corrected chi connectivity index (χ1v) is 7.80.